The predicted molar refractivity (Wildman–Crippen MR) is 75.3 cm³/mol. The maximum Gasteiger partial charge on any atom is 0.304 e. The summed E-state index contributed by atoms with van der Waals surface area (Å²) in [4.78, 5) is 10.9. The molecule has 0 spiro atoms. The Labute approximate surface area is 123 Å². The van der Waals surface area contributed by atoms with Gasteiger partial charge in [-0.15, -0.1) is 12.4 Å². The van der Waals surface area contributed by atoms with E-state index in [0.717, 1.165) is 0 Å². The molecule has 6 nitrogen and oxygen atoms in total. The first-order valence-corrected chi connectivity index (χ1v) is 7.50. The van der Waals surface area contributed by atoms with E-state index in [1.807, 2.05) is 0 Å². The zero-order chi connectivity index (χ0) is 14.0. The third-order valence-corrected chi connectivity index (χ3v) is 4.77. The molecule has 20 heavy (non-hydrogen) atoms. The van der Waals surface area contributed by atoms with Crippen molar-refractivity contribution in [3.05, 3.63) is 23.8 Å². The van der Waals surface area contributed by atoms with E-state index in [4.69, 9.17) is 15.6 Å². The highest BCUT2D eigenvalue weighted by molar-refractivity contribution is 7.91. The number of nitrogens with two attached hydrogens (primary N) is 1. The fraction of sp³-hybridized carbons (Fsp3) is 0.417. The summed E-state index contributed by atoms with van der Waals surface area (Å²) < 4.78 is 29.2. The molecule has 0 aromatic heterocycles. The second-order valence-corrected chi connectivity index (χ2v) is 6.52. The fourth-order valence-corrected chi connectivity index (χ4v) is 3.23. The Balaban J connectivity index is 0.00000200. The molecule has 8 heteroatoms. The Bertz CT molecular complexity index is 602. The largest absolute Gasteiger partial charge is 0.493 e. The topological polar surface area (TPSA) is 107 Å². The van der Waals surface area contributed by atoms with Crippen LogP contribution in [0.1, 0.15) is 17.9 Å². The molecule has 1 aromatic rings. The lowest BCUT2D eigenvalue weighted by Crippen LogP contribution is -2.16. The number of fused-ring (bicyclic) bond motifs is 1. The number of ether oxygens (including phenoxy) is 1. The van der Waals surface area contributed by atoms with Gasteiger partial charge < -0.3 is 15.6 Å². The van der Waals surface area contributed by atoms with Gasteiger partial charge in [0.05, 0.1) is 23.7 Å². The minimum Gasteiger partial charge on any atom is -0.493 e. The zero-order valence-corrected chi connectivity index (χ0v) is 12.2. The van der Waals surface area contributed by atoms with Crippen LogP contribution in [0.25, 0.3) is 0 Å². The molecule has 0 aliphatic carbocycles. The third-order valence-electron chi connectivity index (χ3n) is 3.03. The molecule has 0 radical (unpaired) electrons. The molecule has 112 valence electrons. The van der Waals surface area contributed by atoms with Crippen molar-refractivity contribution in [2.24, 2.45) is 5.73 Å². The summed E-state index contributed by atoms with van der Waals surface area (Å²) in [6.07, 6.45) is -0.0760. The molecule has 0 amide bonds. The summed E-state index contributed by atoms with van der Waals surface area (Å²) >= 11 is 0. The Kier molecular flexibility index (Phi) is 5.38. The lowest BCUT2D eigenvalue weighted by atomic mass is 9.98. The average molecular weight is 322 g/mol. The average Bonchev–Trinajstić information content (AvgIpc) is 2.71. The van der Waals surface area contributed by atoms with Gasteiger partial charge in [-0.05, 0) is 18.2 Å². The predicted octanol–water partition coefficient (Wildman–Crippen LogP) is 0.791. The van der Waals surface area contributed by atoms with E-state index in [2.05, 4.69) is 0 Å². The van der Waals surface area contributed by atoms with Crippen LogP contribution in [-0.2, 0) is 14.6 Å². The summed E-state index contributed by atoms with van der Waals surface area (Å²) in [7, 11) is -3.41. The van der Waals surface area contributed by atoms with Crippen molar-refractivity contribution < 1.29 is 23.1 Å². The van der Waals surface area contributed by atoms with Crippen molar-refractivity contribution in [2.75, 3.05) is 18.9 Å². The minimum absolute atomic E-state index is 0. The molecular formula is C12H16ClNO5S. The van der Waals surface area contributed by atoms with Crippen molar-refractivity contribution >= 4 is 28.2 Å². The molecule has 0 fully saturated rings. The Morgan fingerprint density at radius 2 is 2.15 bits per heavy atom. The lowest BCUT2D eigenvalue weighted by molar-refractivity contribution is -0.137. The van der Waals surface area contributed by atoms with E-state index in [-0.39, 0.29) is 48.5 Å². The van der Waals surface area contributed by atoms with E-state index in [1.165, 1.54) is 12.1 Å². The quantitative estimate of drug-likeness (QED) is 0.830. The fourth-order valence-electron chi connectivity index (χ4n) is 2.10. The molecule has 0 bridgehead atoms. The van der Waals surface area contributed by atoms with Crippen LogP contribution < -0.4 is 10.5 Å². The third kappa shape index (κ3) is 3.41. The maximum absolute atomic E-state index is 11.9. The van der Waals surface area contributed by atoms with Crippen molar-refractivity contribution in [2.45, 2.75) is 17.2 Å². The molecule has 1 unspecified atom stereocenters. The SMILES string of the molecule is Cl.NCCS(=O)(=O)c1ccc2c(c1)C(CC(=O)O)CO2. The second kappa shape index (κ2) is 6.43. The highest BCUT2D eigenvalue weighted by Gasteiger charge is 2.28. The number of halogens is 1. The van der Waals surface area contributed by atoms with E-state index in [1.54, 1.807) is 6.07 Å². The van der Waals surface area contributed by atoms with Crippen molar-refractivity contribution in [3.63, 3.8) is 0 Å². The molecule has 1 aliphatic heterocycles. The second-order valence-electron chi connectivity index (χ2n) is 4.41. The Hall–Kier alpha value is -1.31. The summed E-state index contributed by atoms with van der Waals surface area (Å²) in [6.45, 7) is 0.316. The van der Waals surface area contributed by atoms with Crippen LogP contribution in [0.5, 0.6) is 5.75 Å². The monoisotopic (exact) mass is 321 g/mol. The van der Waals surface area contributed by atoms with Gasteiger partial charge in [0.1, 0.15) is 5.75 Å². The van der Waals surface area contributed by atoms with Crippen LogP contribution in [0.15, 0.2) is 23.1 Å². The summed E-state index contributed by atoms with van der Waals surface area (Å²) in [5.41, 5.74) is 5.92. The summed E-state index contributed by atoms with van der Waals surface area (Å²) in [6, 6.07) is 4.54. The molecule has 3 N–H and O–H groups in total. The number of aliphatic carboxylic acids is 1. The molecular weight excluding hydrogens is 306 g/mol. The number of rotatable bonds is 5. The summed E-state index contributed by atoms with van der Waals surface area (Å²) in [5.74, 6) is -0.814. The van der Waals surface area contributed by atoms with Gasteiger partial charge in [-0.1, -0.05) is 0 Å². The van der Waals surface area contributed by atoms with Crippen LogP contribution in [0.2, 0.25) is 0 Å². The first kappa shape index (κ1) is 16.7. The number of hydrogen-bond donors (Lipinski definition) is 2. The van der Waals surface area contributed by atoms with Crippen LogP contribution in [-0.4, -0.2) is 38.4 Å². The molecule has 1 aromatic carbocycles. The van der Waals surface area contributed by atoms with Crippen LogP contribution in [0.3, 0.4) is 0 Å². The number of benzene rings is 1. The van der Waals surface area contributed by atoms with Gasteiger partial charge >= 0.3 is 5.97 Å². The standard InChI is InChI=1S/C12H15NO5S.ClH/c13-3-4-19(16,17)9-1-2-11-10(6-9)8(7-18-11)5-12(14)15;/h1-2,6,8H,3-5,7,13H2,(H,14,15);1H. The van der Waals surface area contributed by atoms with Crippen LogP contribution >= 0.6 is 12.4 Å². The molecule has 2 rings (SSSR count). The van der Waals surface area contributed by atoms with Crippen molar-refractivity contribution in [1.82, 2.24) is 0 Å². The number of carboxylic acid groups (broad SMARTS) is 1. The highest BCUT2D eigenvalue weighted by Crippen LogP contribution is 2.37. The van der Waals surface area contributed by atoms with Gasteiger partial charge in [-0.25, -0.2) is 8.42 Å². The highest BCUT2D eigenvalue weighted by atomic mass is 35.5. The number of sulfone groups is 1. The van der Waals surface area contributed by atoms with E-state index >= 15 is 0 Å². The smallest absolute Gasteiger partial charge is 0.304 e. The van der Waals surface area contributed by atoms with Gasteiger partial charge in [0, 0.05) is 18.0 Å². The van der Waals surface area contributed by atoms with Crippen LogP contribution in [0.4, 0.5) is 0 Å². The number of carboxylic acids is 1. The first-order valence-electron chi connectivity index (χ1n) is 5.85. The van der Waals surface area contributed by atoms with Gasteiger partial charge in [0.25, 0.3) is 0 Å². The summed E-state index contributed by atoms with van der Waals surface area (Å²) in [5, 5.41) is 8.82. The Morgan fingerprint density at radius 3 is 2.75 bits per heavy atom. The van der Waals surface area contributed by atoms with E-state index < -0.39 is 15.8 Å². The minimum atomic E-state index is -3.41. The van der Waals surface area contributed by atoms with E-state index in [0.29, 0.717) is 11.3 Å². The normalized spacial score (nSPS) is 16.9. The molecule has 0 saturated heterocycles. The Morgan fingerprint density at radius 1 is 1.45 bits per heavy atom. The number of carbonyl (C=O) groups is 1. The first-order chi connectivity index (χ1) is 8.94. The maximum atomic E-state index is 11.9. The van der Waals surface area contributed by atoms with Gasteiger partial charge in [-0.3, -0.25) is 4.79 Å². The number of hydrogen-bond acceptors (Lipinski definition) is 5. The van der Waals surface area contributed by atoms with Crippen molar-refractivity contribution in [3.8, 4) is 5.75 Å². The van der Waals surface area contributed by atoms with Crippen molar-refractivity contribution in [1.29, 1.82) is 0 Å². The van der Waals surface area contributed by atoms with E-state index in [9.17, 15) is 13.2 Å². The molecule has 0 saturated carbocycles. The lowest BCUT2D eigenvalue weighted by Gasteiger charge is -2.08. The van der Waals surface area contributed by atoms with Crippen LogP contribution in [0, 0.1) is 0 Å². The molecule has 1 atom stereocenters. The zero-order valence-electron chi connectivity index (χ0n) is 10.6. The molecule has 1 heterocycles. The molecule has 1 aliphatic rings. The van der Waals surface area contributed by atoms with Gasteiger partial charge in [0.15, 0.2) is 9.84 Å². The van der Waals surface area contributed by atoms with Gasteiger partial charge in [-0.2, -0.15) is 0 Å². The van der Waals surface area contributed by atoms with Gasteiger partial charge in [0.2, 0.25) is 0 Å².